The van der Waals surface area contributed by atoms with Gasteiger partial charge in [-0.2, -0.15) is 0 Å². The third-order valence-corrected chi connectivity index (χ3v) is 3.64. The van der Waals surface area contributed by atoms with Crippen LogP contribution in [0.25, 0.3) is 0 Å². The molecule has 44 valence electrons. The highest BCUT2D eigenvalue weighted by molar-refractivity contribution is 5.64. The third kappa shape index (κ3) is 0.189. The third-order valence-electron chi connectivity index (χ3n) is 3.64. The minimum Gasteiger partial charge on any atom is -0.0835 e. The summed E-state index contributed by atoms with van der Waals surface area (Å²) in [5.74, 6) is 3.11. The molecule has 3 atom stereocenters. The van der Waals surface area contributed by atoms with E-state index < -0.39 is 0 Å². The van der Waals surface area contributed by atoms with Crippen LogP contribution in [0.15, 0.2) is 22.8 Å². The molecule has 0 heterocycles. The predicted molar refractivity (Wildman–Crippen MR) is 34.8 cm³/mol. The van der Waals surface area contributed by atoms with Crippen molar-refractivity contribution in [3.05, 3.63) is 22.8 Å². The van der Waals surface area contributed by atoms with Gasteiger partial charge in [0.05, 0.1) is 0 Å². The van der Waals surface area contributed by atoms with E-state index in [0.717, 1.165) is 17.8 Å². The molecule has 0 aromatic heterocycles. The van der Waals surface area contributed by atoms with Crippen LogP contribution in [-0.4, -0.2) is 0 Å². The van der Waals surface area contributed by atoms with Crippen molar-refractivity contribution in [2.24, 2.45) is 17.8 Å². The Hall–Kier alpha value is -0.520. The Morgan fingerprint density at radius 2 is 2.44 bits per heavy atom. The number of allylic oxidation sites excluding steroid dienone is 4. The highest BCUT2D eigenvalue weighted by Gasteiger charge is 2.63. The van der Waals surface area contributed by atoms with Crippen molar-refractivity contribution in [3.63, 3.8) is 0 Å². The molecule has 0 amide bonds. The average Bonchev–Trinajstić information content (AvgIpc) is 2.19. The van der Waals surface area contributed by atoms with Crippen molar-refractivity contribution in [1.29, 1.82) is 0 Å². The summed E-state index contributed by atoms with van der Waals surface area (Å²) in [6, 6.07) is 0. The highest BCUT2D eigenvalue weighted by Crippen LogP contribution is 2.74. The van der Waals surface area contributed by atoms with E-state index in [1.165, 1.54) is 12.8 Å². The van der Waals surface area contributed by atoms with Gasteiger partial charge in [0.15, 0.2) is 0 Å². The van der Waals surface area contributed by atoms with Gasteiger partial charge in [-0.05, 0) is 18.8 Å². The Morgan fingerprint density at radius 1 is 1.44 bits per heavy atom. The van der Waals surface area contributed by atoms with Crippen LogP contribution in [0, 0.1) is 17.8 Å². The fourth-order valence-corrected chi connectivity index (χ4v) is 3.04. The maximum atomic E-state index is 2.46. The summed E-state index contributed by atoms with van der Waals surface area (Å²) in [5, 5.41) is 0. The molecule has 0 aromatic rings. The quantitative estimate of drug-likeness (QED) is 0.424. The smallest absolute Gasteiger partial charge is 0.00881 e. The molecule has 0 saturated heterocycles. The lowest BCUT2D eigenvalue weighted by molar-refractivity contribution is 0.453. The van der Waals surface area contributed by atoms with Crippen LogP contribution in [0.5, 0.6) is 0 Å². The van der Waals surface area contributed by atoms with E-state index >= 15 is 0 Å². The molecule has 4 aliphatic rings. The zero-order valence-corrected chi connectivity index (χ0v) is 5.22. The first-order valence-corrected chi connectivity index (χ1v) is 3.89. The largest absolute Gasteiger partial charge is 0.0835 e. The standard InChI is InChI=1S/C9H8/c1-2-5-4(1)6-3-7-8(5)9(6)7/h1,5-6,9H,2-3H2/t5?,6-,9?/m0/s1. The SMILES string of the molecule is C1=C2C(C1)C1=C3C[C@@H]2C31. The van der Waals surface area contributed by atoms with Gasteiger partial charge in [0.25, 0.3) is 0 Å². The van der Waals surface area contributed by atoms with Crippen LogP contribution in [-0.2, 0) is 0 Å². The molecule has 0 spiro atoms. The Balaban J connectivity index is 2.09. The van der Waals surface area contributed by atoms with Gasteiger partial charge >= 0.3 is 0 Å². The lowest BCUT2D eigenvalue weighted by Crippen LogP contribution is -2.21. The van der Waals surface area contributed by atoms with Gasteiger partial charge in [0, 0.05) is 11.8 Å². The molecule has 0 radical (unpaired) electrons. The minimum absolute atomic E-state index is 1.00. The summed E-state index contributed by atoms with van der Waals surface area (Å²) in [6.45, 7) is 0. The van der Waals surface area contributed by atoms with E-state index in [-0.39, 0.29) is 0 Å². The second-order valence-corrected chi connectivity index (χ2v) is 3.76. The van der Waals surface area contributed by atoms with Gasteiger partial charge < -0.3 is 0 Å². The van der Waals surface area contributed by atoms with E-state index in [1.54, 1.807) is 0 Å². The Morgan fingerprint density at radius 3 is 2.89 bits per heavy atom. The summed E-state index contributed by atoms with van der Waals surface area (Å²) >= 11 is 0. The maximum absolute atomic E-state index is 2.46. The number of rotatable bonds is 0. The molecular weight excluding hydrogens is 108 g/mol. The zero-order valence-electron chi connectivity index (χ0n) is 5.22. The average molecular weight is 116 g/mol. The molecule has 4 rings (SSSR count). The minimum atomic E-state index is 1.00. The van der Waals surface area contributed by atoms with Crippen LogP contribution >= 0.6 is 0 Å². The first-order valence-electron chi connectivity index (χ1n) is 3.89. The normalized spacial score (nSPS) is 55.1. The fraction of sp³-hybridized carbons (Fsp3) is 0.556. The van der Waals surface area contributed by atoms with Gasteiger partial charge in [0.1, 0.15) is 0 Å². The van der Waals surface area contributed by atoms with Crippen LogP contribution in [0.3, 0.4) is 0 Å². The zero-order chi connectivity index (χ0) is 5.59. The van der Waals surface area contributed by atoms with Gasteiger partial charge in [0.2, 0.25) is 0 Å². The molecule has 0 aromatic carbocycles. The molecule has 0 aliphatic heterocycles. The molecular formula is C9H8. The molecule has 0 bridgehead atoms. The molecule has 2 fully saturated rings. The van der Waals surface area contributed by atoms with Crippen molar-refractivity contribution in [2.75, 3.05) is 0 Å². The van der Waals surface area contributed by atoms with Crippen LogP contribution < -0.4 is 0 Å². The molecule has 0 N–H and O–H groups in total. The monoisotopic (exact) mass is 116 g/mol. The van der Waals surface area contributed by atoms with Gasteiger partial charge in [-0.1, -0.05) is 22.8 Å². The number of hydrogen-bond acceptors (Lipinski definition) is 0. The Bertz CT molecular complexity index is 278. The number of hydrogen-bond donors (Lipinski definition) is 0. The Labute approximate surface area is 54.3 Å². The van der Waals surface area contributed by atoms with E-state index in [4.69, 9.17) is 0 Å². The highest BCUT2D eigenvalue weighted by atomic mass is 14.7. The molecule has 2 saturated carbocycles. The fourth-order valence-electron chi connectivity index (χ4n) is 3.04. The van der Waals surface area contributed by atoms with Crippen molar-refractivity contribution in [1.82, 2.24) is 0 Å². The Kier molecular flexibility index (Phi) is 0.300. The summed E-state index contributed by atoms with van der Waals surface area (Å²) in [4.78, 5) is 0. The van der Waals surface area contributed by atoms with Crippen LogP contribution in [0.4, 0.5) is 0 Å². The van der Waals surface area contributed by atoms with E-state index in [9.17, 15) is 0 Å². The lowest BCUT2D eigenvalue weighted by atomic mass is 9.72. The lowest BCUT2D eigenvalue weighted by Gasteiger charge is -2.32. The van der Waals surface area contributed by atoms with Gasteiger partial charge in [-0.15, -0.1) is 0 Å². The topological polar surface area (TPSA) is 0 Å². The molecule has 2 unspecified atom stereocenters. The molecule has 9 heavy (non-hydrogen) atoms. The summed E-state index contributed by atoms with van der Waals surface area (Å²) < 4.78 is 0. The van der Waals surface area contributed by atoms with Crippen molar-refractivity contribution >= 4 is 0 Å². The molecule has 0 nitrogen and oxygen atoms in total. The van der Waals surface area contributed by atoms with Crippen molar-refractivity contribution in [2.45, 2.75) is 12.8 Å². The molecule has 4 aliphatic carbocycles. The van der Waals surface area contributed by atoms with E-state index in [2.05, 4.69) is 6.08 Å². The predicted octanol–water partition coefficient (Wildman–Crippen LogP) is 1.89. The second kappa shape index (κ2) is 0.749. The molecule has 0 heteroatoms. The van der Waals surface area contributed by atoms with Crippen LogP contribution in [0.2, 0.25) is 0 Å². The van der Waals surface area contributed by atoms with Gasteiger partial charge in [-0.3, -0.25) is 0 Å². The van der Waals surface area contributed by atoms with E-state index in [0.29, 0.717) is 0 Å². The maximum Gasteiger partial charge on any atom is 0.00881 e. The van der Waals surface area contributed by atoms with Crippen LogP contribution in [0.1, 0.15) is 12.8 Å². The summed E-state index contributed by atoms with van der Waals surface area (Å²) in [6.07, 6.45) is 5.31. The van der Waals surface area contributed by atoms with Crippen molar-refractivity contribution < 1.29 is 0 Å². The number of fused-ring (bicyclic) bond motifs is 3. The summed E-state index contributed by atoms with van der Waals surface area (Å²) in [5.41, 5.74) is 5.57. The second-order valence-electron chi connectivity index (χ2n) is 3.76. The van der Waals surface area contributed by atoms with Gasteiger partial charge in [-0.25, -0.2) is 0 Å². The van der Waals surface area contributed by atoms with Crippen molar-refractivity contribution in [3.8, 4) is 0 Å². The first-order chi connectivity index (χ1) is 4.47. The summed E-state index contributed by atoms with van der Waals surface area (Å²) in [7, 11) is 0. The first kappa shape index (κ1) is 3.60. The van der Waals surface area contributed by atoms with E-state index in [1.807, 2.05) is 16.7 Å².